The first-order valence-electron chi connectivity index (χ1n) is 11.4. The molecule has 1 aromatic heterocycles. The second-order valence-corrected chi connectivity index (χ2v) is 9.02. The monoisotopic (exact) mass is 436 g/mol. The molecule has 2 fully saturated rings. The van der Waals surface area contributed by atoms with Gasteiger partial charge in [-0.15, -0.1) is 0 Å². The first kappa shape index (κ1) is 22.2. The quantitative estimate of drug-likeness (QED) is 0.693. The Morgan fingerprint density at radius 2 is 1.84 bits per heavy atom. The molecule has 170 valence electrons. The maximum atomic E-state index is 12.6. The molecule has 0 atom stereocenters. The number of benzene rings is 1. The van der Waals surface area contributed by atoms with E-state index in [0.29, 0.717) is 23.8 Å². The molecule has 2 heterocycles. The van der Waals surface area contributed by atoms with Gasteiger partial charge in [0, 0.05) is 61.1 Å². The molecule has 1 aliphatic heterocycles. The molecule has 0 unspecified atom stereocenters. The van der Waals surface area contributed by atoms with Crippen molar-refractivity contribution in [2.75, 3.05) is 42.9 Å². The number of hydrogen-bond donors (Lipinski definition) is 2. The van der Waals surface area contributed by atoms with Gasteiger partial charge in [-0.05, 0) is 38.0 Å². The zero-order valence-corrected chi connectivity index (χ0v) is 19.1. The van der Waals surface area contributed by atoms with Gasteiger partial charge >= 0.3 is 0 Å². The third-order valence-electron chi connectivity index (χ3n) is 5.76. The highest BCUT2D eigenvalue weighted by Crippen LogP contribution is 2.21. The van der Waals surface area contributed by atoms with Gasteiger partial charge < -0.3 is 15.5 Å². The summed E-state index contributed by atoms with van der Waals surface area (Å²) in [6.07, 6.45) is 2.09. The molecule has 8 nitrogen and oxygen atoms in total. The van der Waals surface area contributed by atoms with Gasteiger partial charge in [0.05, 0.1) is 6.54 Å². The van der Waals surface area contributed by atoms with Crippen LogP contribution < -0.4 is 15.5 Å². The molecule has 2 aliphatic rings. The zero-order valence-electron chi connectivity index (χ0n) is 19.1. The Morgan fingerprint density at radius 3 is 2.53 bits per heavy atom. The second kappa shape index (κ2) is 9.65. The molecule has 0 bridgehead atoms. The molecule has 2 aromatic rings. The Balaban J connectivity index is 1.28. The maximum Gasteiger partial charge on any atom is 0.251 e. The van der Waals surface area contributed by atoms with Crippen molar-refractivity contribution in [3.05, 3.63) is 47.4 Å². The molecule has 1 saturated heterocycles. The van der Waals surface area contributed by atoms with Crippen molar-refractivity contribution < 1.29 is 9.59 Å². The number of carbonyl (C=O) groups is 2. The van der Waals surface area contributed by atoms with E-state index in [0.717, 1.165) is 56.4 Å². The Kier molecular flexibility index (Phi) is 6.69. The minimum absolute atomic E-state index is 0.0711. The standard InChI is InChI=1S/C24H32N6O2/c1-16(2)23-25-17(3)13-21(28-23)30-11-9-29(10-12-30)15-22(31)26-20-6-4-5-18(14-20)24(32)27-19-7-8-19/h4-6,13-14,16,19H,7-12,15H2,1-3H3,(H,26,31)(H,27,32). The molecule has 2 amide bonds. The summed E-state index contributed by atoms with van der Waals surface area (Å²) in [5.74, 6) is 1.97. The van der Waals surface area contributed by atoms with Crippen LogP contribution in [-0.2, 0) is 4.79 Å². The average Bonchev–Trinajstić information content (AvgIpc) is 3.58. The van der Waals surface area contributed by atoms with Crippen LogP contribution in [0.25, 0.3) is 0 Å². The van der Waals surface area contributed by atoms with Gasteiger partial charge in [-0.3, -0.25) is 14.5 Å². The predicted octanol–water partition coefficient (Wildman–Crippen LogP) is 2.56. The molecule has 4 rings (SSSR count). The number of aryl methyl sites for hydroxylation is 1. The van der Waals surface area contributed by atoms with Crippen LogP contribution in [0, 0.1) is 6.92 Å². The lowest BCUT2D eigenvalue weighted by Gasteiger charge is -2.35. The fraction of sp³-hybridized carbons (Fsp3) is 0.500. The third kappa shape index (κ3) is 5.82. The number of nitrogens with zero attached hydrogens (tertiary/aromatic N) is 4. The Labute approximate surface area is 189 Å². The van der Waals surface area contributed by atoms with Crippen molar-refractivity contribution in [3.63, 3.8) is 0 Å². The summed E-state index contributed by atoms with van der Waals surface area (Å²) in [5, 5.41) is 5.90. The summed E-state index contributed by atoms with van der Waals surface area (Å²) in [6.45, 7) is 9.74. The summed E-state index contributed by atoms with van der Waals surface area (Å²) >= 11 is 0. The Bertz CT molecular complexity index is 980. The van der Waals surface area contributed by atoms with Gasteiger partial charge in [-0.25, -0.2) is 9.97 Å². The van der Waals surface area contributed by atoms with Crippen LogP contribution in [-0.4, -0.2) is 65.4 Å². The largest absolute Gasteiger partial charge is 0.354 e. The highest BCUT2D eigenvalue weighted by Gasteiger charge is 2.24. The highest BCUT2D eigenvalue weighted by molar-refractivity contribution is 5.97. The van der Waals surface area contributed by atoms with Gasteiger partial charge in [-0.1, -0.05) is 19.9 Å². The fourth-order valence-electron chi connectivity index (χ4n) is 3.77. The van der Waals surface area contributed by atoms with Crippen LogP contribution in [0.2, 0.25) is 0 Å². The lowest BCUT2D eigenvalue weighted by molar-refractivity contribution is -0.117. The van der Waals surface area contributed by atoms with E-state index in [1.54, 1.807) is 18.2 Å². The van der Waals surface area contributed by atoms with E-state index in [4.69, 9.17) is 4.98 Å². The van der Waals surface area contributed by atoms with Crippen molar-refractivity contribution in [1.82, 2.24) is 20.2 Å². The van der Waals surface area contributed by atoms with Crippen molar-refractivity contribution in [2.24, 2.45) is 0 Å². The van der Waals surface area contributed by atoms with E-state index < -0.39 is 0 Å². The lowest BCUT2D eigenvalue weighted by Crippen LogP contribution is -2.49. The van der Waals surface area contributed by atoms with E-state index in [-0.39, 0.29) is 17.7 Å². The zero-order chi connectivity index (χ0) is 22.7. The first-order valence-corrected chi connectivity index (χ1v) is 11.4. The first-order chi connectivity index (χ1) is 15.4. The Morgan fingerprint density at radius 1 is 1.09 bits per heavy atom. The van der Waals surface area contributed by atoms with E-state index in [2.05, 4.69) is 39.3 Å². The highest BCUT2D eigenvalue weighted by atomic mass is 16.2. The maximum absolute atomic E-state index is 12.6. The van der Waals surface area contributed by atoms with Gasteiger partial charge in [0.2, 0.25) is 5.91 Å². The number of anilines is 2. The number of aromatic nitrogens is 2. The van der Waals surface area contributed by atoms with E-state index in [1.165, 1.54) is 0 Å². The number of carbonyl (C=O) groups excluding carboxylic acids is 2. The van der Waals surface area contributed by atoms with E-state index in [1.807, 2.05) is 19.1 Å². The number of nitrogens with one attached hydrogen (secondary N) is 2. The van der Waals surface area contributed by atoms with Crippen LogP contribution in [0.1, 0.15) is 54.5 Å². The summed E-state index contributed by atoms with van der Waals surface area (Å²) in [7, 11) is 0. The van der Waals surface area contributed by atoms with Crippen LogP contribution >= 0.6 is 0 Å². The molecule has 1 aliphatic carbocycles. The molecule has 1 aromatic carbocycles. The number of amides is 2. The minimum atomic E-state index is -0.0831. The van der Waals surface area contributed by atoms with Crippen molar-refractivity contribution >= 4 is 23.3 Å². The van der Waals surface area contributed by atoms with Gasteiger partial charge in [0.1, 0.15) is 11.6 Å². The molecule has 32 heavy (non-hydrogen) atoms. The molecule has 0 spiro atoms. The predicted molar refractivity (Wildman–Crippen MR) is 125 cm³/mol. The summed E-state index contributed by atoms with van der Waals surface area (Å²) < 4.78 is 0. The number of hydrogen-bond acceptors (Lipinski definition) is 6. The van der Waals surface area contributed by atoms with Gasteiger partial charge in [-0.2, -0.15) is 0 Å². The van der Waals surface area contributed by atoms with Crippen molar-refractivity contribution in [2.45, 2.75) is 45.6 Å². The van der Waals surface area contributed by atoms with Crippen LogP contribution in [0.3, 0.4) is 0 Å². The molecule has 2 N–H and O–H groups in total. The van der Waals surface area contributed by atoms with Crippen LogP contribution in [0.5, 0.6) is 0 Å². The summed E-state index contributed by atoms with van der Waals surface area (Å²) in [6, 6.07) is 9.45. The van der Waals surface area contributed by atoms with Gasteiger partial charge in [0.15, 0.2) is 0 Å². The SMILES string of the molecule is Cc1cc(N2CCN(CC(=O)Nc3cccc(C(=O)NC4CC4)c3)CC2)nc(C(C)C)n1. The molecular weight excluding hydrogens is 404 g/mol. The van der Waals surface area contributed by atoms with Gasteiger partial charge in [0.25, 0.3) is 5.91 Å². The lowest BCUT2D eigenvalue weighted by atomic mass is 10.2. The van der Waals surface area contributed by atoms with Crippen molar-refractivity contribution in [1.29, 1.82) is 0 Å². The fourth-order valence-corrected chi connectivity index (χ4v) is 3.77. The molecule has 1 saturated carbocycles. The third-order valence-corrected chi connectivity index (χ3v) is 5.76. The molecule has 0 radical (unpaired) electrons. The number of piperazine rings is 1. The average molecular weight is 437 g/mol. The number of rotatable bonds is 7. The molecule has 8 heteroatoms. The van der Waals surface area contributed by atoms with E-state index in [9.17, 15) is 9.59 Å². The summed E-state index contributed by atoms with van der Waals surface area (Å²) in [4.78, 5) is 38.5. The van der Waals surface area contributed by atoms with Crippen LogP contribution in [0.15, 0.2) is 30.3 Å². The topological polar surface area (TPSA) is 90.5 Å². The summed E-state index contributed by atoms with van der Waals surface area (Å²) in [5.41, 5.74) is 2.20. The van der Waals surface area contributed by atoms with E-state index >= 15 is 0 Å². The van der Waals surface area contributed by atoms with Crippen molar-refractivity contribution in [3.8, 4) is 0 Å². The normalized spacial score (nSPS) is 16.8. The Hall–Kier alpha value is -3.00. The smallest absolute Gasteiger partial charge is 0.251 e. The van der Waals surface area contributed by atoms with Crippen LogP contribution in [0.4, 0.5) is 11.5 Å². The molecular formula is C24H32N6O2. The second-order valence-electron chi connectivity index (χ2n) is 9.02. The minimum Gasteiger partial charge on any atom is -0.354 e.